The van der Waals surface area contributed by atoms with Crippen LogP contribution in [-0.4, -0.2) is 16.9 Å². The summed E-state index contributed by atoms with van der Waals surface area (Å²) in [7, 11) is 0. The van der Waals surface area contributed by atoms with Gasteiger partial charge < -0.3 is 5.11 Å². The minimum absolute atomic E-state index is 0.131. The lowest BCUT2D eigenvalue weighted by Crippen LogP contribution is -2.57. The molecule has 33 heavy (non-hydrogen) atoms. The van der Waals surface area contributed by atoms with Gasteiger partial charge in [0.1, 0.15) is 5.78 Å². The summed E-state index contributed by atoms with van der Waals surface area (Å²) in [4.78, 5) is 23.9. The summed E-state index contributed by atoms with van der Waals surface area (Å²) in [5.41, 5.74) is 1.93. The van der Waals surface area contributed by atoms with E-state index >= 15 is 0 Å². The van der Waals surface area contributed by atoms with Gasteiger partial charge in [-0.05, 0) is 104 Å². The topological polar surface area (TPSA) is 54.4 Å². The summed E-state index contributed by atoms with van der Waals surface area (Å²) in [6.45, 7) is 13.7. The summed E-state index contributed by atoms with van der Waals surface area (Å²) >= 11 is 0. The molecule has 3 nitrogen and oxygen atoms in total. The van der Waals surface area contributed by atoms with Gasteiger partial charge in [0.15, 0.2) is 0 Å². The van der Waals surface area contributed by atoms with Crippen molar-refractivity contribution in [1.29, 1.82) is 0 Å². The van der Waals surface area contributed by atoms with Gasteiger partial charge in [0, 0.05) is 17.4 Å². The Hall–Kier alpha value is -1.38. The highest BCUT2D eigenvalue weighted by atomic mass is 16.4. The molecule has 3 heteroatoms. The molecule has 0 heterocycles. The van der Waals surface area contributed by atoms with E-state index in [9.17, 15) is 9.59 Å². The molecule has 0 aromatic heterocycles. The number of carbonyl (C=O) groups is 2. The molecule has 0 amide bonds. The summed E-state index contributed by atoms with van der Waals surface area (Å²) in [6, 6.07) is 0. The van der Waals surface area contributed by atoms with Crippen LogP contribution in [0, 0.1) is 50.7 Å². The van der Waals surface area contributed by atoms with Crippen molar-refractivity contribution in [2.45, 2.75) is 99.3 Å². The van der Waals surface area contributed by atoms with Crippen molar-refractivity contribution in [3.8, 4) is 0 Å². The smallest absolute Gasteiger partial charge is 0.331 e. The van der Waals surface area contributed by atoms with E-state index < -0.39 is 5.97 Å². The Bertz CT molecular complexity index is 942. The minimum atomic E-state index is -0.841. The highest BCUT2D eigenvalue weighted by Gasteiger charge is 2.82. The number of carboxylic acid groups (broad SMARTS) is 1. The van der Waals surface area contributed by atoms with Crippen molar-refractivity contribution in [3.05, 3.63) is 23.8 Å². The maximum absolute atomic E-state index is 12.8. The molecule has 5 fully saturated rings. The first kappa shape index (κ1) is 23.4. The molecule has 182 valence electrons. The van der Waals surface area contributed by atoms with Crippen molar-refractivity contribution in [1.82, 2.24) is 0 Å². The molecular weight excluding hydrogens is 408 g/mol. The number of rotatable bonds is 4. The molecule has 0 aliphatic heterocycles. The number of carboxylic acids is 1. The van der Waals surface area contributed by atoms with E-state index in [1.54, 1.807) is 13.0 Å². The Morgan fingerprint density at radius 1 is 0.970 bits per heavy atom. The highest BCUT2D eigenvalue weighted by Crippen LogP contribution is 2.88. The lowest BCUT2D eigenvalue weighted by molar-refractivity contribution is -0.156. The second-order valence-corrected chi connectivity index (χ2v) is 13.7. The Morgan fingerprint density at radius 3 is 2.33 bits per heavy atom. The van der Waals surface area contributed by atoms with Crippen LogP contribution in [0.15, 0.2) is 23.8 Å². The van der Waals surface area contributed by atoms with Gasteiger partial charge in [0.2, 0.25) is 0 Å². The molecule has 0 bridgehead atoms. The molecule has 2 spiro atoms. The third-order valence-electron chi connectivity index (χ3n) is 12.7. The fourth-order valence-electron chi connectivity index (χ4n) is 10.6. The number of hydrogen-bond acceptors (Lipinski definition) is 2. The molecule has 8 unspecified atom stereocenters. The van der Waals surface area contributed by atoms with Crippen LogP contribution < -0.4 is 0 Å². The average Bonchev–Trinajstić information content (AvgIpc) is 3.33. The Morgan fingerprint density at radius 2 is 1.64 bits per heavy atom. The predicted molar refractivity (Wildman–Crippen MR) is 132 cm³/mol. The number of allylic oxidation sites excluding steroid dienone is 3. The summed E-state index contributed by atoms with van der Waals surface area (Å²) < 4.78 is 0. The lowest BCUT2D eigenvalue weighted by atomic mass is 9.42. The fourth-order valence-corrected chi connectivity index (χ4v) is 10.6. The molecule has 0 aromatic carbocycles. The second-order valence-electron chi connectivity index (χ2n) is 13.7. The van der Waals surface area contributed by atoms with Gasteiger partial charge in [-0.25, -0.2) is 4.79 Å². The zero-order valence-electron chi connectivity index (χ0n) is 21.7. The Kier molecular flexibility index (Phi) is 5.01. The van der Waals surface area contributed by atoms with Crippen molar-refractivity contribution in [3.63, 3.8) is 0 Å². The molecule has 0 radical (unpaired) electrons. The normalized spacial score (nSPS) is 49.1. The third-order valence-corrected chi connectivity index (χ3v) is 12.7. The maximum Gasteiger partial charge on any atom is 0.331 e. The average molecular weight is 453 g/mol. The number of fused-ring (bicyclic) bond motifs is 2. The molecule has 5 saturated carbocycles. The Balaban J connectivity index is 1.41. The number of hydrogen-bond donors (Lipinski definition) is 1. The van der Waals surface area contributed by atoms with Crippen molar-refractivity contribution in [2.75, 3.05) is 0 Å². The Labute approximate surface area is 200 Å². The standard InChI is InChI=1S/C30H44O3/c1-19(8-7-9-20(2)25(32)33)21-12-14-28(6)23-11-10-22-26(3,4)24(31)13-15-29(22)18-30(23,29)17-16-27(21,28)5/h7-9,19,21-23H,10-18H2,1-6H3,(H,32,33)/b8-7+,20-9+. The van der Waals surface area contributed by atoms with Gasteiger partial charge in [-0.15, -0.1) is 0 Å². The zero-order valence-corrected chi connectivity index (χ0v) is 21.7. The molecule has 0 aromatic rings. The maximum atomic E-state index is 12.8. The minimum Gasteiger partial charge on any atom is -0.478 e. The lowest BCUT2D eigenvalue weighted by Gasteiger charge is -2.62. The van der Waals surface area contributed by atoms with Crippen LogP contribution in [0.25, 0.3) is 0 Å². The summed E-state index contributed by atoms with van der Waals surface area (Å²) in [6.07, 6.45) is 17.2. The van der Waals surface area contributed by atoms with Crippen molar-refractivity contribution in [2.24, 2.45) is 50.7 Å². The van der Waals surface area contributed by atoms with Gasteiger partial charge in [0.05, 0.1) is 0 Å². The second kappa shape index (κ2) is 7.08. The first-order valence-corrected chi connectivity index (χ1v) is 13.5. The number of ketones is 1. The van der Waals surface area contributed by atoms with Crippen LogP contribution in [0.3, 0.4) is 0 Å². The van der Waals surface area contributed by atoms with Crippen LogP contribution >= 0.6 is 0 Å². The molecule has 1 N–H and O–H groups in total. The largest absolute Gasteiger partial charge is 0.478 e. The predicted octanol–water partition coefficient (Wildman–Crippen LogP) is 7.22. The van der Waals surface area contributed by atoms with E-state index in [0.29, 0.717) is 50.8 Å². The third kappa shape index (κ3) is 2.80. The number of Topliss-reactive ketones (excluding diaryl/α,β-unsaturated/α-hetero) is 1. The fraction of sp³-hybridized carbons (Fsp3) is 0.800. The molecule has 0 saturated heterocycles. The van der Waals surface area contributed by atoms with Crippen LogP contribution in [0.5, 0.6) is 0 Å². The number of aliphatic carboxylic acids is 1. The zero-order chi connectivity index (χ0) is 24.0. The molecule has 8 atom stereocenters. The van der Waals surface area contributed by atoms with E-state index in [1.165, 1.54) is 44.9 Å². The number of carbonyl (C=O) groups excluding carboxylic acids is 1. The van der Waals surface area contributed by atoms with Crippen LogP contribution in [0.1, 0.15) is 99.3 Å². The molecule has 5 rings (SSSR count). The van der Waals surface area contributed by atoms with Gasteiger partial charge in [0.25, 0.3) is 0 Å². The summed E-state index contributed by atoms with van der Waals surface area (Å²) in [5.74, 6) is 2.19. The van der Waals surface area contributed by atoms with Gasteiger partial charge in [-0.3, -0.25) is 4.79 Å². The van der Waals surface area contributed by atoms with E-state index in [4.69, 9.17) is 5.11 Å². The van der Waals surface area contributed by atoms with Crippen molar-refractivity contribution < 1.29 is 14.7 Å². The van der Waals surface area contributed by atoms with Crippen LogP contribution in [0.4, 0.5) is 0 Å². The van der Waals surface area contributed by atoms with E-state index in [1.807, 2.05) is 6.08 Å². The van der Waals surface area contributed by atoms with Crippen LogP contribution in [0.2, 0.25) is 0 Å². The van der Waals surface area contributed by atoms with Crippen LogP contribution in [-0.2, 0) is 9.59 Å². The van der Waals surface area contributed by atoms with E-state index in [2.05, 4.69) is 40.7 Å². The SMILES string of the molecule is C/C(=C\C=C\C(C)C1CCC2(C)C3CCC4C(C)(C)C(=O)CCC45CC35CCC12C)C(=O)O. The van der Waals surface area contributed by atoms with Crippen molar-refractivity contribution >= 4 is 11.8 Å². The quantitative estimate of drug-likeness (QED) is 0.362. The summed E-state index contributed by atoms with van der Waals surface area (Å²) in [5, 5.41) is 9.13. The van der Waals surface area contributed by atoms with Gasteiger partial charge in [-0.2, -0.15) is 0 Å². The highest BCUT2D eigenvalue weighted by molar-refractivity contribution is 5.86. The molecule has 5 aliphatic rings. The molecular formula is C30H44O3. The first-order valence-electron chi connectivity index (χ1n) is 13.5. The molecule has 5 aliphatic carbocycles. The van der Waals surface area contributed by atoms with Gasteiger partial charge in [-0.1, -0.05) is 52.8 Å². The van der Waals surface area contributed by atoms with E-state index in [-0.39, 0.29) is 5.41 Å². The first-order chi connectivity index (χ1) is 15.4. The monoisotopic (exact) mass is 452 g/mol. The van der Waals surface area contributed by atoms with Gasteiger partial charge >= 0.3 is 5.97 Å². The van der Waals surface area contributed by atoms with E-state index in [0.717, 1.165) is 18.8 Å².